The van der Waals surface area contributed by atoms with Crippen LogP contribution < -0.4 is 5.32 Å². The van der Waals surface area contributed by atoms with Crippen molar-refractivity contribution in [3.8, 4) is 0 Å². The van der Waals surface area contributed by atoms with E-state index in [4.69, 9.17) is 0 Å². The van der Waals surface area contributed by atoms with Gasteiger partial charge >= 0.3 is 0 Å². The fourth-order valence-electron chi connectivity index (χ4n) is 3.92. The standard InChI is InChI=1S/C16H27N3S/c1-3-7-17-14-9-15-4-5-16(10-14)19(15)8-6-13-11-20-12(2)18-13/h11,14-17H,3-10H2,1-2H3. The van der Waals surface area contributed by atoms with E-state index < -0.39 is 0 Å². The van der Waals surface area contributed by atoms with Gasteiger partial charge in [0.2, 0.25) is 0 Å². The van der Waals surface area contributed by atoms with Crippen molar-refractivity contribution in [2.45, 2.75) is 70.5 Å². The molecule has 2 aliphatic heterocycles. The number of aryl methyl sites for hydroxylation is 1. The molecule has 20 heavy (non-hydrogen) atoms. The Morgan fingerprint density at radius 2 is 2.10 bits per heavy atom. The average molecular weight is 293 g/mol. The minimum absolute atomic E-state index is 0.769. The number of nitrogens with one attached hydrogen (secondary N) is 1. The SMILES string of the molecule is CCCNC1CC2CCC(C1)N2CCc1csc(C)n1. The Hall–Kier alpha value is -0.450. The monoisotopic (exact) mass is 293 g/mol. The summed E-state index contributed by atoms with van der Waals surface area (Å²) in [5.74, 6) is 0. The van der Waals surface area contributed by atoms with Crippen molar-refractivity contribution >= 4 is 11.3 Å². The molecule has 0 aromatic carbocycles. The molecular formula is C16H27N3S. The molecule has 2 saturated heterocycles. The van der Waals surface area contributed by atoms with Crippen LogP contribution in [0, 0.1) is 6.92 Å². The Morgan fingerprint density at radius 1 is 1.35 bits per heavy atom. The Labute approximate surface area is 126 Å². The summed E-state index contributed by atoms with van der Waals surface area (Å²) < 4.78 is 0. The van der Waals surface area contributed by atoms with Gasteiger partial charge in [0, 0.05) is 36.5 Å². The van der Waals surface area contributed by atoms with Crippen LogP contribution in [-0.2, 0) is 6.42 Å². The molecule has 0 saturated carbocycles. The van der Waals surface area contributed by atoms with E-state index in [-0.39, 0.29) is 0 Å². The van der Waals surface area contributed by atoms with E-state index in [0.717, 1.165) is 24.5 Å². The van der Waals surface area contributed by atoms with Gasteiger partial charge in [-0.2, -0.15) is 0 Å². The van der Waals surface area contributed by atoms with Crippen LogP contribution >= 0.6 is 11.3 Å². The van der Waals surface area contributed by atoms with Gasteiger partial charge in [-0.05, 0) is 45.6 Å². The van der Waals surface area contributed by atoms with Gasteiger partial charge in [0.15, 0.2) is 0 Å². The molecule has 2 atom stereocenters. The van der Waals surface area contributed by atoms with Gasteiger partial charge < -0.3 is 5.32 Å². The van der Waals surface area contributed by atoms with Crippen molar-refractivity contribution in [1.82, 2.24) is 15.2 Å². The Balaban J connectivity index is 1.52. The second kappa shape index (κ2) is 6.54. The molecule has 3 nitrogen and oxygen atoms in total. The lowest BCUT2D eigenvalue weighted by molar-refractivity contribution is 0.118. The van der Waals surface area contributed by atoms with E-state index in [1.807, 2.05) is 0 Å². The molecular weight excluding hydrogens is 266 g/mol. The van der Waals surface area contributed by atoms with Crippen LogP contribution in [0.4, 0.5) is 0 Å². The third kappa shape index (κ3) is 3.23. The molecule has 0 radical (unpaired) electrons. The summed E-state index contributed by atoms with van der Waals surface area (Å²) >= 11 is 1.78. The lowest BCUT2D eigenvalue weighted by atomic mass is 9.97. The zero-order valence-corrected chi connectivity index (χ0v) is 13.6. The molecule has 0 aliphatic carbocycles. The van der Waals surface area contributed by atoms with Gasteiger partial charge in [-0.3, -0.25) is 4.90 Å². The van der Waals surface area contributed by atoms with Gasteiger partial charge in [-0.15, -0.1) is 11.3 Å². The second-order valence-corrected chi connectivity index (χ2v) is 7.42. The Kier molecular flexibility index (Phi) is 4.74. The van der Waals surface area contributed by atoms with Crippen LogP contribution in [0.5, 0.6) is 0 Å². The maximum atomic E-state index is 4.60. The predicted molar refractivity (Wildman–Crippen MR) is 85.4 cm³/mol. The molecule has 112 valence electrons. The number of rotatable bonds is 6. The fourth-order valence-corrected chi connectivity index (χ4v) is 4.57. The van der Waals surface area contributed by atoms with Crippen molar-refractivity contribution in [2.24, 2.45) is 0 Å². The smallest absolute Gasteiger partial charge is 0.0897 e. The molecule has 1 aromatic heterocycles. The summed E-state index contributed by atoms with van der Waals surface area (Å²) in [5.41, 5.74) is 1.29. The lowest BCUT2D eigenvalue weighted by Crippen LogP contribution is -2.49. The molecule has 2 bridgehead atoms. The van der Waals surface area contributed by atoms with Crippen LogP contribution in [0.1, 0.15) is 49.7 Å². The first-order valence-corrected chi connectivity index (χ1v) is 9.04. The van der Waals surface area contributed by atoms with Crippen LogP contribution in [-0.4, -0.2) is 41.1 Å². The van der Waals surface area contributed by atoms with E-state index in [0.29, 0.717) is 0 Å². The number of aromatic nitrogens is 1. The number of hydrogen-bond acceptors (Lipinski definition) is 4. The number of thiazole rings is 1. The molecule has 0 spiro atoms. The average Bonchev–Trinajstić information content (AvgIpc) is 2.95. The highest BCUT2D eigenvalue weighted by Gasteiger charge is 2.39. The zero-order valence-electron chi connectivity index (χ0n) is 12.8. The van der Waals surface area contributed by atoms with Gasteiger partial charge in [0.05, 0.1) is 10.7 Å². The maximum Gasteiger partial charge on any atom is 0.0897 e. The van der Waals surface area contributed by atoms with Gasteiger partial charge in [-0.1, -0.05) is 6.92 Å². The molecule has 0 amide bonds. The molecule has 3 heterocycles. The predicted octanol–water partition coefficient (Wildman–Crippen LogP) is 2.99. The van der Waals surface area contributed by atoms with E-state index in [2.05, 4.69) is 34.4 Å². The van der Waals surface area contributed by atoms with Crippen molar-refractivity contribution in [2.75, 3.05) is 13.1 Å². The number of piperidine rings is 1. The van der Waals surface area contributed by atoms with E-state index in [9.17, 15) is 0 Å². The lowest BCUT2D eigenvalue weighted by Gasteiger charge is -2.39. The molecule has 1 aromatic rings. The molecule has 1 N–H and O–H groups in total. The van der Waals surface area contributed by atoms with Gasteiger partial charge in [0.1, 0.15) is 0 Å². The normalized spacial score (nSPS) is 30.0. The molecule has 2 aliphatic rings. The largest absolute Gasteiger partial charge is 0.314 e. The second-order valence-electron chi connectivity index (χ2n) is 6.35. The molecule has 3 rings (SSSR count). The van der Waals surface area contributed by atoms with Gasteiger partial charge in [-0.25, -0.2) is 4.98 Å². The topological polar surface area (TPSA) is 28.2 Å². The van der Waals surface area contributed by atoms with Crippen LogP contribution in [0.15, 0.2) is 5.38 Å². The minimum atomic E-state index is 0.769. The summed E-state index contributed by atoms with van der Waals surface area (Å²) in [7, 11) is 0. The van der Waals surface area contributed by atoms with E-state index in [1.54, 1.807) is 11.3 Å². The number of hydrogen-bond donors (Lipinski definition) is 1. The number of fused-ring (bicyclic) bond motifs is 2. The third-order valence-electron chi connectivity index (χ3n) is 4.86. The molecule has 4 heteroatoms. The first-order valence-electron chi connectivity index (χ1n) is 8.16. The van der Waals surface area contributed by atoms with E-state index >= 15 is 0 Å². The summed E-state index contributed by atoms with van der Waals surface area (Å²) in [6.07, 6.45) is 7.90. The third-order valence-corrected chi connectivity index (χ3v) is 5.68. The summed E-state index contributed by atoms with van der Waals surface area (Å²) in [6, 6.07) is 2.41. The summed E-state index contributed by atoms with van der Waals surface area (Å²) in [4.78, 5) is 7.38. The van der Waals surface area contributed by atoms with Gasteiger partial charge in [0.25, 0.3) is 0 Å². The van der Waals surface area contributed by atoms with E-state index in [1.165, 1.54) is 55.9 Å². The van der Waals surface area contributed by atoms with Crippen molar-refractivity contribution < 1.29 is 0 Å². The molecule has 2 fully saturated rings. The minimum Gasteiger partial charge on any atom is -0.314 e. The van der Waals surface area contributed by atoms with Crippen LogP contribution in [0.25, 0.3) is 0 Å². The van der Waals surface area contributed by atoms with Crippen LogP contribution in [0.3, 0.4) is 0 Å². The zero-order chi connectivity index (χ0) is 13.9. The Bertz CT molecular complexity index is 417. The summed E-state index contributed by atoms with van der Waals surface area (Å²) in [6.45, 7) is 6.75. The van der Waals surface area contributed by atoms with Crippen molar-refractivity contribution in [3.63, 3.8) is 0 Å². The first-order chi connectivity index (χ1) is 9.76. The van der Waals surface area contributed by atoms with Crippen molar-refractivity contribution in [1.29, 1.82) is 0 Å². The highest BCUT2D eigenvalue weighted by molar-refractivity contribution is 7.09. The highest BCUT2D eigenvalue weighted by Crippen LogP contribution is 2.35. The van der Waals surface area contributed by atoms with Crippen LogP contribution in [0.2, 0.25) is 0 Å². The molecule has 2 unspecified atom stereocenters. The Morgan fingerprint density at radius 3 is 2.70 bits per heavy atom. The maximum absolute atomic E-state index is 4.60. The first kappa shape index (κ1) is 14.5. The van der Waals surface area contributed by atoms with Crippen molar-refractivity contribution in [3.05, 3.63) is 16.1 Å². The fraction of sp³-hybridized carbons (Fsp3) is 0.812. The number of nitrogens with zero attached hydrogens (tertiary/aromatic N) is 2. The summed E-state index contributed by atoms with van der Waals surface area (Å²) in [5, 5.41) is 7.16. The quantitative estimate of drug-likeness (QED) is 0.874. The highest BCUT2D eigenvalue weighted by atomic mass is 32.1.